The van der Waals surface area contributed by atoms with Gasteiger partial charge in [0.25, 0.3) is 5.91 Å². The van der Waals surface area contributed by atoms with Crippen LogP contribution in [0, 0.1) is 13.8 Å². The molecular weight excluding hydrogens is 480 g/mol. The van der Waals surface area contributed by atoms with E-state index in [4.69, 9.17) is 4.98 Å². The summed E-state index contributed by atoms with van der Waals surface area (Å²) in [6.07, 6.45) is 3.53. The van der Waals surface area contributed by atoms with Crippen molar-refractivity contribution in [2.45, 2.75) is 20.4 Å². The van der Waals surface area contributed by atoms with Crippen LogP contribution >= 0.6 is 11.3 Å². The van der Waals surface area contributed by atoms with E-state index in [1.807, 2.05) is 54.8 Å². The van der Waals surface area contributed by atoms with Gasteiger partial charge in [0.05, 0.1) is 5.69 Å². The first-order valence-electron chi connectivity index (χ1n) is 12.5. The van der Waals surface area contributed by atoms with Gasteiger partial charge in [0.2, 0.25) is 0 Å². The number of thiazole rings is 1. The van der Waals surface area contributed by atoms with Gasteiger partial charge in [-0.2, -0.15) is 0 Å². The molecular formula is C29H32N6OS. The van der Waals surface area contributed by atoms with Gasteiger partial charge in [0.1, 0.15) is 0 Å². The summed E-state index contributed by atoms with van der Waals surface area (Å²) in [5, 5.41) is 9.28. The smallest absolute Gasteiger partial charge is 0.255 e. The lowest BCUT2D eigenvalue weighted by Gasteiger charge is -2.32. The van der Waals surface area contributed by atoms with Gasteiger partial charge in [-0.05, 0) is 74.0 Å². The fourth-order valence-corrected chi connectivity index (χ4v) is 5.13. The highest BCUT2D eigenvalue weighted by molar-refractivity contribution is 7.14. The van der Waals surface area contributed by atoms with E-state index >= 15 is 0 Å². The molecule has 1 saturated heterocycles. The molecule has 1 amide bonds. The maximum absolute atomic E-state index is 13.1. The van der Waals surface area contributed by atoms with Crippen LogP contribution in [-0.2, 0) is 6.54 Å². The number of likely N-dealkylation sites (N-methyl/N-ethyl adjacent to an activating group) is 1. The van der Waals surface area contributed by atoms with Gasteiger partial charge in [-0.15, -0.1) is 11.3 Å². The van der Waals surface area contributed by atoms with Crippen LogP contribution in [0.15, 0.2) is 66.3 Å². The highest BCUT2D eigenvalue weighted by Gasteiger charge is 2.16. The van der Waals surface area contributed by atoms with E-state index in [1.54, 1.807) is 23.7 Å². The number of carbonyl (C=O) groups is 1. The van der Waals surface area contributed by atoms with Gasteiger partial charge >= 0.3 is 0 Å². The van der Waals surface area contributed by atoms with Crippen LogP contribution in [0.3, 0.4) is 0 Å². The SMILES string of the molecule is Cc1cc(C(=O)Nc2ccc(C)c(Nc3nc(-c4ccncc4)cs3)c2)ccc1CN1CCN(C)CC1. The van der Waals surface area contributed by atoms with E-state index in [1.165, 1.54) is 5.56 Å². The maximum atomic E-state index is 13.1. The Kier molecular flexibility index (Phi) is 7.60. The van der Waals surface area contributed by atoms with Gasteiger partial charge < -0.3 is 15.5 Å². The molecule has 2 aromatic carbocycles. The summed E-state index contributed by atoms with van der Waals surface area (Å²) in [5.74, 6) is -0.113. The molecule has 0 radical (unpaired) electrons. The first-order valence-corrected chi connectivity index (χ1v) is 13.4. The minimum atomic E-state index is -0.113. The molecule has 7 nitrogen and oxygen atoms in total. The van der Waals surface area contributed by atoms with Gasteiger partial charge in [0, 0.05) is 73.0 Å². The van der Waals surface area contributed by atoms with Crippen LogP contribution < -0.4 is 10.6 Å². The molecule has 2 N–H and O–H groups in total. The lowest BCUT2D eigenvalue weighted by molar-refractivity contribution is 0.102. The number of pyridine rings is 1. The molecule has 0 aliphatic carbocycles. The largest absolute Gasteiger partial charge is 0.331 e. The molecule has 0 spiro atoms. The van der Waals surface area contributed by atoms with Crippen molar-refractivity contribution < 1.29 is 4.79 Å². The van der Waals surface area contributed by atoms with Gasteiger partial charge in [-0.25, -0.2) is 4.98 Å². The third kappa shape index (κ3) is 6.22. The predicted octanol–water partition coefficient (Wildman–Crippen LogP) is 5.57. The van der Waals surface area contributed by atoms with Crippen molar-refractivity contribution in [2.24, 2.45) is 0 Å². The number of carbonyl (C=O) groups excluding carboxylic acids is 1. The molecule has 3 heterocycles. The molecule has 0 saturated carbocycles. The summed E-state index contributed by atoms with van der Waals surface area (Å²) < 4.78 is 0. The van der Waals surface area contributed by atoms with Crippen LogP contribution in [0.25, 0.3) is 11.3 Å². The molecule has 0 bridgehead atoms. The lowest BCUT2D eigenvalue weighted by atomic mass is 10.0. The van der Waals surface area contributed by atoms with E-state index in [9.17, 15) is 4.79 Å². The number of anilines is 3. The number of aromatic nitrogens is 2. The average molecular weight is 513 g/mol. The summed E-state index contributed by atoms with van der Waals surface area (Å²) in [6, 6.07) is 15.8. The van der Waals surface area contributed by atoms with Crippen molar-refractivity contribution in [3.8, 4) is 11.3 Å². The Morgan fingerprint density at radius 2 is 1.76 bits per heavy atom. The molecule has 8 heteroatoms. The minimum absolute atomic E-state index is 0.113. The normalized spacial score (nSPS) is 14.5. The number of nitrogens with one attached hydrogen (secondary N) is 2. The Balaban J connectivity index is 1.24. The predicted molar refractivity (Wildman–Crippen MR) is 152 cm³/mol. The molecule has 2 aromatic heterocycles. The molecule has 0 atom stereocenters. The van der Waals surface area contributed by atoms with E-state index in [2.05, 4.69) is 45.5 Å². The summed E-state index contributed by atoms with van der Waals surface area (Å²) in [6.45, 7) is 9.40. The first kappa shape index (κ1) is 25.1. The summed E-state index contributed by atoms with van der Waals surface area (Å²) in [4.78, 5) is 26.7. The fraction of sp³-hybridized carbons (Fsp3) is 0.276. The number of rotatable bonds is 7. The molecule has 1 aliphatic heterocycles. The van der Waals surface area contributed by atoms with Crippen molar-refractivity contribution in [1.29, 1.82) is 0 Å². The summed E-state index contributed by atoms with van der Waals surface area (Å²) in [7, 11) is 2.17. The van der Waals surface area contributed by atoms with Crippen molar-refractivity contribution in [3.63, 3.8) is 0 Å². The second-order valence-corrected chi connectivity index (χ2v) is 10.5. The molecule has 37 heavy (non-hydrogen) atoms. The number of aryl methyl sites for hydroxylation is 2. The van der Waals surface area contributed by atoms with Gasteiger partial charge in [-0.1, -0.05) is 12.1 Å². The van der Waals surface area contributed by atoms with E-state index < -0.39 is 0 Å². The Labute approximate surface area is 222 Å². The quantitative estimate of drug-likeness (QED) is 0.338. The molecule has 190 valence electrons. The highest BCUT2D eigenvalue weighted by atomic mass is 32.1. The fourth-order valence-electron chi connectivity index (χ4n) is 4.40. The van der Waals surface area contributed by atoms with Crippen LogP contribution in [0.2, 0.25) is 0 Å². The number of hydrogen-bond donors (Lipinski definition) is 2. The van der Waals surface area contributed by atoms with Crippen LogP contribution in [0.5, 0.6) is 0 Å². The molecule has 0 unspecified atom stereocenters. The molecule has 4 aromatic rings. The topological polar surface area (TPSA) is 73.4 Å². The van der Waals surface area contributed by atoms with Crippen LogP contribution in [0.4, 0.5) is 16.5 Å². The number of benzene rings is 2. The number of hydrogen-bond acceptors (Lipinski definition) is 7. The monoisotopic (exact) mass is 512 g/mol. The van der Waals surface area contributed by atoms with Crippen LogP contribution in [-0.4, -0.2) is 58.9 Å². The average Bonchev–Trinajstić information content (AvgIpc) is 3.37. The highest BCUT2D eigenvalue weighted by Crippen LogP contribution is 2.29. The van der Waals surface area contributed by atoms with Crippen molar-refractivity contribution in [2.75, 3.05) is 43.9 Å². The molecule has 5 rings (SSSR count). The lowest BCUT2D eigenvalue weighted by Crippen LogP contribution is -2.43. The van der Waals surface area contributed by atoms with Crippen LogP contribution in [0.1, 0.15) is 27.0 Å². The summed E-state index contributed by atoms with van der Waals surface area (Å²) >= 11 is 1.54. The molecule has 1 aliphatic rings. The van der Waals surface area contributed by atoms with Crippen molar-refractivity contribution >= 4 is 33.8 Å². The number of piperazine rings is 1. The Morgan fingerprint density at radius 3 is 2.51 bits per heavy atom. The third-order valence-corrected chi connectivity index (χ3v) is 7.57. The Morgan fingerprint density at radius 1 is 0.973 bits per heavy atom. The van der Waals surface area contributed by atoms with E-state index in [-0.39, 0.29) is 5.91 Å². The van der Waals surface area contributed by atoms with Gasteiger partial charge in [0.15, 0.2) is 5.13 Å². The Bertz CT molecular complexity index is 1380. The zero-order chi connectivity index (χ0) is 25.8. The van der Waals surface area contributed by atoms with E-state index in [0.717, 1.165) is 71.6 Å². The second-order valence-electron chi connectivity index (χ2n) is 9.60. The van der Waals surface area contributed by atoms with E-state index in [0.29, 0.717) is 5.56 Å². The Hall–Kier alpha value is -3.59. The van der Waals surface area contributed by atoms with Crippen molar-refractivity contribution in [3.05, 3.63) is 88.6 Å². The zero-order valence-corrected chi connectivity index (χ0v) is 22.3. The van der Waals surface area contributed by atoms with Crippen molar-refractivity contribution in [1.82, 2.24) is 19.8 Å². The second kappa shape index (κ2) is 11.2. The number of nitrogens with zero attached hydrogens (tertiary/aromatic N) is 4. The molecule has 1 fully saturated rings. The van der Waals surface area contributed by atoms with Gasteiger partial charge in [-0.3, -0.25) is 14.7 Å². The minimum Gasteiger partial charge on any atom is -0.331 e. The first-order chi connectivity index (χ1) is 17.9. The summed E-state index contributed by atoms with van der Waals surface area (Å²) in [5.41, 5.74) is 7.74. The zero-order valence-electron chi connectivity index (χ0n) is 21.5. The maximum Gasteiger partial charge on any atom is 0.255 e. The third-order valence-electron chi connectivity index (χ3n) is 6.81. The number of amides is 1. The standard InChI is InChI=1S/C29H32N6OS/c1-20-4-7-25(17-26(20)32-29-33-27(19-37-29)22-8-10-30-11-9-22)31-28(36)23-5-6-24(21(2)16-23)18-35-14-12-34(3)13-15-35/h4-11,16-17,19H,12-15,18H2,1-3H3,(H,31,36)(H,32,33).